The minimum atomic E-state index is 0.402. The standard InChI is InChI=1S/C17H21NO2S/c1-19-16-10-12(6-7-17(16)21-2)11-18-14-4-3-5-15-13(14)8-9-20-15/h6-10,14,18H,3-5,11H2,1-2H3. The van der Waals surface area contributed by atoms with Crippen LogP contribution in [0.3, 0.4) is 0 Å². The third-order valence-corrected chi connectivity index (χ3v) is 4.83. The van der Waals surface area contributed by atoms with Crippen molar-refractivity contribution in [1.82, 2.24) is 5.32 Å². The molecule has 2 aromatic rings. The highest BCUT2D eigenvalue weighted by Crippen LogP contribution is 2.31. The zero-order chi connectivity index (χ0) is 14.7. The summed E-state index contributed by atoms with van der Waals surface area (Å²) >= 11 is 1.71. The molecule has 1 unspecified atom stereocenters. The van der Waals surface area contributed by atoms with Crippen molar-refractivity contribution in [2.24, 2.45) is 0 Å². The highest BCUT2D eigenvalue weighted by molar-refractivity contribution is 7.98. The van der Waals surface area contributed by atoms with Crippen LogP contribution in [0.15, 0.2) is 39.8 Å². The van der Waals surface area contributed by atoms with Gasteiger partial charge in [-0.3, -0.25) is 0 Å². The Hall–Kier alpha value is -1.39. The Kier molecular flexibility index (Phi) is 4.56. The molecule has 0 saturated heterocycles. The fourth-order valence-corrected chi connectivity index (χ4v) is 3.48. The summed E-state index contributed by atoms with van der Waals surface area (Å²) < 4.78 is 11.0. The van der Waals surface area contributed by atoms with Crippen LogP contribution in [-0.2, 0) is 13.0 Å². The number of fused-ring (bicyclic) bond motifs is 1. The van der Waals surface area contributed by atoms with Crippen LogP contribution in [0.5, 0.6) is 5.75 Å². The second-order valence-electron chi connectivity index (χ2n) is 5.31. The van der Waals surface area contributed by atoms with E-state index in [9.17, 15) is 0 Å². The molecular weight excluding hydrogens is 282 g/mol. The molecule has 1 aromatic carbocycles. The van der Waals surface area contributed by atoms with Crippen LogP contribution in [0.4, 0.5) is 0 Å². The van der Waals surface area contributed by atoms with Gasteiger partial charge in [0.15, 0.2) is 0 Å². The molecule has 1 N–H and O–H groups in total. The number of hydrogen-bond donors (Lipinski definition) is 1. The fourth-order valence-electron chi connectivity index (χ4n) is 2.93. The van der Waals surface area contributed by atoms with E-state index in [1.807, 2.05) is 0 Å². The van der Waals surface area contributed by atoms with Gasteiger partial charge in [0.25, 0.3) is 0 Å². The molecule has 0 bridgehead atoms. The van der Waals surface area contributed by atoms with Crippen LogP contribution >= 0.6 is 11.8 Å². The molecule has 1 aromatic heterocycles. The van der Waals surface area contributed by atoms with E-state index < -0.39 is 0 Å². The van der Waals surface area contributed by atoms with Gasteiger partial charge in [-0.25, -0.2) is 0 Å². The molecule has 0 radical (unpaired) electrons. The van der Waals surface area contributed by atoms with Gasteiger partial charge in [-0.2, -0.15) is 0 Å². The molecule has 0 fully saturated rings. The van der Waals surface area contributed by atoms with Gasteiger partial charge in [0.05, 0.1) is 13.4 Å². The van der Waals surface area contributed by atoms with Gasteiger partial charge in [-0.1, -0.05) is 6.07 Å². The van der Waals surface area contributed by atoms with Crippen molar-refractivity contribution in [3.8, 4) is 5.75 Å². The average Bonchev–Trinajstić information content (AvgIpc) is 3.01. The van der Waals surface area contributed by atoms with Crippen molar-refractivity contribution in [1.29, 1.82) is 0 Å². The molecule has 21 heavy (non-hydrogen) atoms. The van der Waals surface area contributed by atoms with E-state index in [-0.39, 0.29) is 0 Å². The lowest BCUT2D eigenvalue weighted by molar-refractivity contribution is 0.400. The van der Waals surface area contributed by atoms with Crippen molar-refractivity contribution in [3.63, 3.8) is 0 Å². The molecule has 112 valence electrons. The van der Waals surface area contributed by atoms with Gasteiger partial charge in [0.2, 0.25) is 0 Å². The van der Waals surface area contributed by atoms with Crippen LogP contribution < -0.4 is 10.1 Å². The van der Waals surface area contributed by atoms with Crippen LogP contribution in [0, 0.1) is 0 Å². The Balaban J connectivity index is 1.69. The minimum Gasteiger partial charge on any atom is -0.496 e. The predicted molar refractivity (Wildman–Crippen MR) is 86.0 cm³/mol. The van der Waals surface area contributed by atoms with Gasteiger partial charge in [0, 0.05) is 29.5 Å². The summed E-state index contributed by atoms with van der Waals surface area (Å²) in [5.74, 6) is 2.10. The maximum absolute atomic E-state index is 5.54. The number of nitrogens with one attached hydrogen (secondary N) is 1. The molecule has 0 saturated carbocycles. The van der Waals surface area contributed by atoms with Gasteiger partial charge in [-0.05, 0) is 42.9 Å². The number of rotatable bonds is 5. The second kappa shape index (κ2) is 6.58. The molecular formula is C17H21NO2S. The topological polar surface area (TPSA) is 34.4 Å². The summed E-state index contributed by atoms with van der Waals surface area (Å²) in [5, 5.41) is 3.65. The third kappa shape index (κ3) is 3.11. The van der Waals surface area contributed by atoms with E-state index in [4.69, 9.17) is 9.15 Å². The molecule has 3 rings (SSSR count). The first-order chi connectivity index (χ1) is 10.3. The Morgan fingerprint density at radius 2 is 2.29 bits per heavy atom. The molecule has 3 nitrogen and oxygen atoms in total. The van der Waals surface area contributed by atoms with E-state index >= 15 is 0 Å². The Morgan fingerprint density at radius 3 is 3.10 bits per heavy atom. The van der Waals surface area contributed by atoms with E-state index in [1.54, 1.807) is 25.1 Å². The first kappa shape index (κ1) is 14.5. The lowest BCUT2D eigenvalue weighted by atomic mass is 9.93. The van der Waals surface area contributed by atoms with E-state index in [0.717, 1.165) is 24.5 Å². The van der Waals surface area contributed by atoms with E-state index in [1.165, 1.54) is 28.9 Å². The van der Waals surface area contributed by atoms with Gasteiger partial charge >= 0.3 is 0 Å². The number of ether oxygens (including phenoxy) is 1. The van der Waals surface area contributed by atoms with Gasteiger partial charge < -0.3 is 14.5 Å². The van der Waals surface area contributed by atoms with E-state index in [2.05, 4.69) is 35.8 Å². The zero-order valence-electron chi connectivity index (χ0n) is 12.5. The maximum atomic E-state index is 5.54. The molecule has 1 aliphatic carbocycles. The molecule has 0 amide bonds. The predicted octanol–water partition coefficient (Wildman–Crippen LogP) is 4.18. The van der Waals surface area contributed by atoms with E-state index in [0.29, 0.717) is 6.04 Å². The number of hydrogen-bond acceptors (Lipinski definition) is 4. The Bertz CT molecular complexity index is 609. The summed E-state index contributed by atoms with van der Waals surface area (Å²) in [6.07, 6.45) is 7.30. The summed E-state index contributed by atoms with van der Waals surface area (Å²) in [7, 11) is 1.73. The summed E-state index contributed by atoms with van der Waals surface area (Å²) in [4.78, 5) is 1.18. The van der Waals surface area contributed by atoms with Crippen molar-refractivity contribution >= 4 is 11.8 Å². The van der Waals surface area contributed by atoms with Crippen molar-refractivity contribution in [2.45, 2.75) is 36.7 Å². The quantitative estimate of drug-likeness (QED) is 0.840. The first-order valence-corrected chi connectivity index (χ1v) is 8.55. The molecule has 0 aliphatic heterocycles. The number of methoxy groups -OCH3 is 1. The summed E-state index contributed by atoms with van der Waals surface area (Å²) in [5.41, 5.74) is 2.58. The highest BCUT2D eigenvalue weighted by atomic mass is 32.2. The Labute approximate surface area is 130 Å². The SMILES string of the molecule is COc1cc(CNC2CCCc3occc32)ccc1SC. The average molecular weight is 303 g/mol. The fraction of sp³-hybridized carbons (Fsp3) is 0.412. The van der Waals surface area contributed by atoms with Crippen LogP contribution in [0.1, 0.15) is 35.8 Å². The lowest BCUT2D eigenvalue weighted by Gasteiger charge is -2.23. The third-order valence-electron chi connectivity index (χ3n) is 4.05. The zero-order valence-corrected chi connectivity index (χ0v) is 13.3. The van der Waals surface area contributed by atoms with Crippen molar-refractivity contribution < 1.29 is 9.15 Å². The normalized spacial score (nSPS) is 17.5. The monoisotopic (exact) mass is 303 g/mol. The van der Waals surface area contributed by atoms with Gasteiger partial charge in [0.1, 0.15) is 11.5 Å². The molecule has 1 heterocycles. The molecule has 4 heteroatoms. The smallest absolute Gasteiger partial charge is 0.132 e. The van der Waals surface area contributed by atoms with Crippen molar-refractivity contribution in [2.75, 3.05) is 13.4 Å². The molecule has 0 spiro atoms. The summed E-state index contributed by atoms with van der Waals surface area (Å²) in [6, 6.07) is 8.92. The number of aryl methyl sites for hydroxylation is 1. The number of thioether (sulfide) groups is 1. The largest absolute Gasteiger partial charge is 0.496 e. The lowest BCUT2D eigenvalue weighted by Crippen LogP contribution is -2.24. The molecule has 1 aliphatic rings. The second-order valence-corrected chi connectivity index (χ2v) is 6.16. The Morgan fingerprint density at radius 1 is 1.38 bits per heavy atom. The van der Waals surface area contributed by atoms with Gasteiger partial charge in [-0.15, -0.1) is 11.8 Å². The van der Waals surface area contributed by atoms with Crippen LogP contribution in [-0.4, -0.2) is 13.4 Å². The maximum Gasteiger partial charge on any atom is 0.132 e. The van der Waals surface area contributed by atoms with Crippen molar-refractivity contribution in [3.05, 3.63) is 47.4 Å². The summed E-state index contributed by atoms with van der Waals surface area (Å²) in [6.45, 7) is 0.848. The number of furan rings is 1. The van der Waals surface area contributed by atoms with Crippen LogP contribution in [0.25, 0.3) is 0 Å². The highest BCUT2D eigenvalue weighted by Gasteiger charge is 2.21. The molecule has 1 atom stereocenters. The van der Waals surface area contributed by atoms with Crippen LogP contribution in [0.2, 0.25) is 0 Å². The minimum absolute atomic E-state index is 0.402. The number of benzene rings is 1. The first-order valence-electron chi connectivity index (χ1n) is 7.32.